The van der Waals surface area contributed by atoms with Gasteiger partial charge in [0.2, 0.25) is 11.8 Å². The average molecular weight is 484 g/mol. The normalized spacial score (nSPS) is 16.4. The number of nitrogens with one attached hydrogen (secondary N) is 2. The molecule has 1 aliphatic heterocycles. The maximum atomic E-state index is 13.2. The molecule has 2 aromatic rings. The van der Waals surface area contributed by atoms with E-state index in [-0.39, 0.29) is 39.4 Å². The predicted octanol–water partition coefficient (Wildman–Crippen LogP) is 5.21. The molecule has 0 spiro atoms. The van der Waals surface area contributed by atoms with Crippen molar-refractivity contribution in [2.75, 3.05) is 11.1 Å². The third kappa shape index (κ3) is 5.60. The van der Waals surface area contributed by atoms with Gasteiger partial charge in [-0.2, -0.15) is 18.4 Å². The highest BCUT2D eigenvalue weighted by molar-refractivity contribution is 8.03. The van der Waals surface area contributed by atoms with Gasteiger partial charge in [-0.25, -0.2) is 4.39 Å². The molecular formula is C21H14ClF4N3O2S. The van der Waals surface area contributed by atoms with Crippen molar-refractivity contribution in [3.8, 4) is 6.07 Å². The Kier molecular flexibility index (Phi) is 7.11. The van der Waals surface area contributed by atoms with E-state index in [4.69, 9.17) is 11.6 Å². The van der Waals surface area contributed by atoms with Gasteiger partial charge in [-0.15, -0.1) is 0 Å². The zero-order chi connectivity index (χ0) is 23.5. The first-order valence-electron chi connectivity index (χ1n) is 9.07. The number of rotatable bonds is 5. The van der Waals surface area contributed by atoms with Gasteiger partial charge in [-0.3, -0.25) is 9.59 Å². The second-order valence-electron chi connectivity index (χ2n) is 6.74. The van der Waals surface area contributed by atoms with Crippen LogP contribution in [0.25, 0.3) is 0 Å². The standard InChI is InChI=1S/C21H14ClF4N3O2S/c22-16-6-3-12(21(24,25)26)7-17(16)28-19(31)10-32-20-15(9-27)14(8-18(30)29-20)11-1-4-13(23)5-2-11/h1-7,14H,8,10H2,(H,28,31)(H,29,30)/t14-/m1/s1. The van der Waals surface area contributed by atoms with E-state index in [1.807, 2.05) is 6.07 Å². The van der Waals surface area contributed by atoms with Crippen LogP contribution in [-0.4, -0.2) is 17.6 Å². The molecule has 0 aromatic heterocycles. The van der Waals surface area contributed by atoms with Gasteiger partial charge in [0.05, 0.1) is 38.7 Å². The summed E-state index contributed by atoms with van der Waals surface area (Å²) in [6, 6.07) is 9.94. The minimum atomic E-state index is -4.60. The molecule has 0 aliphatic carbocycles. The number of carbonyl (C=O) groups is 2. The number of benzene rings is 2. The number of alkyl halides is 3. The second kappa shape index (κ2) is 9.63. The number of anilines is 1. The maximum absolute atomic E-state index is 13.2. The SMILES string of the molecule is N#CC1=C(SCC(=O)Nc2cc(C(F)(F)F)ccc2Cl)NC(=O)C[C@@H]1c1ccc(F)cc1. The monoisotopic (exact) mass is 483 g/mol. The van der Waals surface area contributed by atoms with Crippen LogP contribution < -0.4 is 10.6 Å². The fourth-order valence-corrected chi connectivity index (χ4v) is 4.08. The Bertz CT molecular complexity index is 1130. The molecule has 0 saturated carbocycles. The topological polar surface area (TPSA) is 82.0 Å². The number of allylic oxidation sites excluding steroid dienone is 1. The molecule has 0 unspecified atom stereocenters. The van der Waals surface area contributed by atoms with Gasteiger partial charge in [-0.1, -0.05) is 35.5 Å². The summed E-state index contributed by atoms with van der Waals surface area (Å²) in [5, 5.41) is 14.5. The minimum Gasteiger partial charge on any atom is -0.324 e. The van der Waals surface area contributed by atoms with Crippen LogP contribution in [0.15, 0.2) is 53.1 Å². The Labute approximate surface area is 189 Å². The summed E-state index contributed by atoms with van der Waals surface area (Å²) in [5.41, 5.74) is -0.415. The van der Waals surface area contributed by atoms with Crippen molar-refractivity contribution in [3.63, 3.8) is 0 Å². The number of carbonyl (C=O) groups excluding carboxylic acids is 2. The molecule has 32 heavy (non-hydrogen) atoms. The van der Waals surface area contributed by atoms with E-state index in [0.29, 0.717) is 5.56 Å². The second-order valence-corrected chi connectivity index (χ2v) is 8.13. The number of hydrogen-bond acceptors (Lipinski definition) is 4. The lowest BCUT2D eigenvalue weighted by molar-refractivity contribution is -0.137. The summed E-state index contributed by atoms with van der Waals surface area (Å²) in [4.78, 5) is 24.4. The highest BCUT2D eigenvalue weighted by Crippen LogP contribution is 2.37. The van der Waals surface area contributed by atoms with Crippen LogP contribution in [0.5, 0.6) is 0 Å². The molecule has 2 amide bonds. The van der Waals surface area contributed by atoms with Crippen molar-refractivity contribution in [1.29, 1.82) is 5.26 Å². The molecular weight excluding hydrogens is 470 g/mol. The van der Waals surface area contributed by atoms with Crippen molar-refractivity contribution < 1.29 is 27.2 Å². The molecule has 0 fully saturated rings. The number of amides is 2. The molecule has 3 rings (SSSR count). The molecule has 0 bridgehead atoms. The minimum absolute atomic E-state index is 0.0232. The lowest BCUT2D eigenvalue weighted by Gasteiger charge is -2.25. The van der Waals surface area contributed by atoms with Crippen molar-refractivity contribution in [3.05, 3.63) is 75.0 Å². The molecule has 1 aliphatic rings. The van der Waals surface area contributed by atoms with Crippen LogP contribution in [0, 0.1) is 17.1 Å². The Morgan fingerprint density at radius 3 is 2.56 bits per heavy atom. The zero-order valence-electron chi connectivity index (χ0n) is 16.1. The Balaban J connectivity index is 1.76. The molecule has 166 valence electrons. The van der Waals surface area contributed by atoms with E-state index in [2.05, 4.69) is 10.6 Å². The van der Waals surface area contributed by atoms with E-state index in [1.54, 1.807) is 0 Å². The van der Waals surface area contributed by atoms with Crippen LogP contribution in [0.3, 0.4) is 0 Å². The number of nitriles is 1. The van der Waals surface area contributed by atoms with E-state index in [9.17, 15) is 32.4 Å². The van der Waals surface area contributed by atoms with Gasteiger partial charge in [-0.05, 0) is 35.9 Å². The highest BCUT2D eigenvalue weighted by Gasteiger charge is 2.32. The first kappa shape index (κ1) is 23.6. The van der Waals surface area contributed by atoms with Crippen LogP contribution in [-0.2, 0) is 15.8 Å². The van der Waals surface area contributed by atoms with Crippen molar-refractivity contribution >= 4 is 40.9 Å². The first-order valence-corrected chi connectivity index (χ1v) is 10.4. The zero-order valence-corrected chi connectivity index (χ0v) is 17.7. The average Bonchev–Trinajstić information content (AvgIpc) is 2.73. The van der Waals surface area contributed by atoms with Crippen LogP contribution in [0.2, 0.25) is 5.02 Å². The van der Waals surface area contributed by atoms with Crippen LogP contribution in [0.1, 0.15) is 23.5 Å². The van der Waals surface area contributed by atoms with E-state index < -0.39 is 29.4 Å². The van der Waals surface area contributed by atoms with Gasteiger partial charge in [0, 0.05) is 12.3 Å². The van der Waals surface area contributed by atoms with Crippen molar-refractivity contribution in [2.45, 2.75) is 18.5 Å². The Hall–Kier alpha value is -3.03. The van der Waals surface area contributed by atoms with Gasteiger partial charge in [0.1, 0.15) is 5.82 Å². The Morgan fingerprint density at radius 2 is 1.94 bits per heavy atom. The van der Waals surface area contributed by atoms with Gasteiger partial charge in [0.25, 0.3) is 0 Å². The summed E-state index contributed by atoms with van der Waals surface area (Å²) >= 11 is 6.73. The van der Waals surface area contributed by atoms with Crippen molar-refractivity contribution in [1.82, 2.24) is 5.32 Å². The quantitative estimate of drug-likeness (QED) is 0.572. The highest BCUT2D eigenvalue weighted by atomic mass is 35.5. The van der Waals surface area contributed by atoms with E-state index >= 15 is 0 Å². The molecule has 2 aromatic carbocycles. The number of halogens is 5. The summed E-state index contributed by atoms with van der Waals surface area (Å²) < 4.78 is 51.9. The van der Waals surface area contributed by atoms with Crippen LogP contribution in [0.4, 0.5) is 23.2 Å². The van der Waals surface area contributed by atoms with Crippen LogP contribution >= 0.6 is 23.4 Å². The molecule has 2 N–H and O–H groups in total. The molecule has 11 heteroatoms. The van der Waals surface area contributed by atoms with E-state index in [0.717, 1.165) is 30.0 Å². The van der Waals surface area contributed by atoms with Gasteiger partial charge >= 0.3 is 6.18 Å². The third-order valence-corrected chi connectivity index (χ3v) is 5.89. The number of nitrogens with zero attached hydrogens (tertiary/aromatic N) is 1. The number of thioether (sulfide) groups is 1. The first-order chi connectivity index (χ1) is 15.1. The predicted molar refractivity (Wildman–Crippen MR) is 112 cm³/mol. The van der Waals surface area contributed by atoms with Gasteiger partial charge < -0.3 is 10.6 Å². The number of hydrogen-bond donors (Lipinski definition) is 2. The smallest absolute Gasteiger partial charge is 0.324 e. The van der Waals surface area contributed by atoms with E-state index in [1.165, 1.54) is 24.3 Å². The third-order valence-electron chi connectivity index (χ3n) is 4.54. The fraction of sp³-hybridized carbons (Fsp3) is 0.190. The Morgan fingerprint density at radius 1 is 1.25 bits per heavy atom. The molecule has 5 nitrogen and oxygen atoms in total. The largest absolute Gasteiger partial charge is 0.416 e. The van der Waals surface area contributed by atoms with Crippen molar-refractivity contribution in [2.24, 2.45) is 0 Å². The summed E-state index contributed by atoms with van der Waals surface area (Å²) in [7, 11) is 0. The maximum Gasteiger partial charge on any atom is 0.416 e. The molecule has 1 atom stereocenters. The molecule has 0 radical (unpaired) electrons. The fourth-order valence-electron chi connectivity index (χ4n) is 3.03. The molecule has 0 saturated heterocycles. The lowest BCUT2D eigenvalue weighted by Crippen LogP contribution is -2.31. The summed E-state index contributed by atoms with van der Waals surface area (Å²) in [6.07, 6.45) is -4.63. The van der Waals surface area contributed by atoms with Gasteiger partial charge in [0.15, 0.2) is 0 Å². The summed E-state index contributed by atoms with van der Waals surface area (Å²) in [6.45, 7) is 0. The molecule has 1 heterocycles. The lowest BCUT2D eigenvalue weighted by atomic mass is 9.87. The summed E-state index contributed by atoms with van der Waals surface area (Å²) in [5.74, 6) is -2.45.